The number of ether oxygens (including phenoxy) is 1. The van der Waals surface area contributed by atoms with Gasteiger partial charge in [-0.25, -0.2) is 4.39 Å². The first-order chi connectivity index (χ1) is 15.7. The van der Waals surface area contributed by atoms with Gasteiger partial charge in [0.2, 0.25) is 0 Å². The highest BCUT2D eigenvalue weighted by Gasteiger charge is 2.23. The summed E-state index contributed by atoms with van der Waals surface area (Å²) in [4.78, 5) is 9.28. The Morgan fingerprint density at radius 2 is 1.78 bits per heavy atom. The Kier molecular flexibility index (Phi) is 8.09. The number of aliphatic imine (C=N–C) groups is 1. The lowest BCUT2D eigenvalue weighted by Gasteiger charge is -2.35. The first-order valence-corrected chi connectivity index (χ1v) is 11.5. The van der Waals surface area contributed by atoms with E-state index < -0.39 is 0 Å². The van der Waals surface area contributed by atoms with Crippen LogP contribution in [0.4, 0.5) is 4.39 Å². The molecule has 2 aliphatic rings. The van der Waals surface area contributed by atoms with Gasteiger partial charge >= 0.3 is 0 Å². The molecule has 172 valence electrons. The highest BCUT2D eigenvalue weighted by Crippen LogP contribution is 2.22. The molecule has 1 saturated heterocycles. The van der Waals surface area contributed by atoms with E-state index in [1.807, 2.05) is 12.1 Å². The summed E-state index contributed by atoms with van der Waals surface area (Å²) >= 11 is 0. The predicted octanol–water partition coefficient (Wildman–Crippen LogP) is 2.42. The summed E-state index contributed by atoms with van der Waals surface area (Å²) < 4.78 is 19.0. The summed E-state index contributed by atoms with van der Waals surface area (Å²) in [6.45, 7) is 7.79. The number of rotatable bonds is 7. The smallest absolute Gasteiger partial charge is 0.191 e. The number of nitrogens with one attached hydrogen (secondary N) is 2. The van der Waals surface area contributed by atoms with Crippen LogP contribution in [0, 0.1) is 5.82 Å². The predicted molar refractivity (Wildman–Crippen MR) is 126 cm³/mol. The fourth-order valence-electron chi connectivity index (χ4n) is 4.52. The van der Waals surface area contributed by atoms with Crippen LogP contribution < -0.4 is 10.6 Å². The second kappa shape index (κ2) is 11.4. The van der Waals surface area contributed by atoms with Crippen molar-refractivity contribution in [1.29, 1.82) is 0 Å². The van der Waals surface area contributed by atoms with E-state index in [0.29, 0.717) is 6.54 Å². The van der Waals surface area contributed by atoms with Gasteiger partial charge in [0, 0.05) is 52.9 Å². The van der Waals surface area contributed by atoms with Gasteiger partial charge in [0.15, 0.2) is 5.96 Å². The topological polar surface area (TPSA) is 52.1 Å². The van der Waals surface area contributed by atoms with E-state index >= 15 is 0 Å². The molecule has 2 heterocycles. The maximum absolute atomic E-state index is 13.5. The molecule has 2 aromatic rings. The minimum Gasteiger partial charge on any atom is -0.379 e. The third-order valence-corrected chi connectivity index (χ3v) is 6.36. The summed E-state index contributed by atoms with van der Waals surface area (Å²) in [5, 5.41) is 6.93. The fraction of sp³-hybridized carbons (Fsp3) is 0.480. The van der Waals surface area contributed by atoms with E-state index in [0.717, 1.165) is 70.4 Å². The third-order valence-electron chi connectivity index (χ3n) is 6.36. The van der Waals surface area contributed by atoms with Crippen molar-refractivity contribution in [1.82, 2.24) is 20.4 Å². The Bertz CT molecular complexity index is 882. The molecular formula is C25H34FN5O. The van der Waals surface area contributed by atoms with Gasteiger partial charge in [-0.3, -0.25) is 14.8 Å². The minimum absolute atomic E-state index is 0.136. The van der Waals surface area contributed by atoms with E-state index in [1.54, 1.807) is 7.05 Å². The van der Waals surface area contributed by atoms with Gasteiger partial charge in [0.05, 0.1) is 19.3 Å². The first-order valence-electron chi connectivity index (χ1n) is 11.5. The molecule has 0 saturated carbocycles. The molecule has 4 rings (SSSR count). The second-order valence-electron chi connectivity index (χ2n) is 8.39. The summed E-state index contributed by atoms with van der Waals surface area (Å²) in [7, 11) is 1.80. The summed E-state index contributed by atoms with van der Waals surface area (Å²) in [5.74, 6) is 0.586. The van der Waals surface area contributed by atoms with Crippen molar-refractivity contribution in [3.05, 3.63) is 71.0 Å². The molecule has 0 radical (unpaired) electrons. The van der Waals surface area contributed by atoms with E-state index in [9.17, 15) is 4.39 Å². The van der Waals surface area contributed by atoms with Crippen molar-refractivity contribution in [2.75, 3.05) is 59.5 Å². The lowest BCUT2D eigenvalue weighted by molar-refractivity contribution is 0.0170. The largest absolute Gasteiger partial charge is 0.379 e. The lowest BCUT2D eigenvalue weighted by atomic mass is 10.00. The normalized spacial score (nSPS) is 18.8. The van der Waals surface area contributed by atoms with Gasteiger partial charge < -0.3 is 15.4 Å². The van der Waals surface area contributed by atoms with Gasteiger partial charge in [-0.05, 0) is 35.2 Å². The Hall–Kier alpha value is -2.48. The Morgan fingerprint density at radius 1 is 1.03 bits per heavy atom. The number of morpholine rings is 1. The maximum atomic E-state index is 13.5. The molecule has 0 aliphatic carbocycles. The van der Waals surface area contributed by atoms with Crippen LogP contribution in [0.15, 0.2) is 53.5 Å². The molecule has 32 heavy (non-hydrogen) atoms. The molecule has 6 nitrogen and oxygen atoms in total. The molecule has 0 bridgehead atoms. The van der Waals surface area contributed by atoms with Crippen LogP contribution in [0.1, 0.15) is 22.7 Å². The quantitative estimate of drug-likeness (QED) is 0.513. The van der Waals surface area contributed by atoms with Gasteiger partial charge in [0.25, 0.3) is 0 Å². The summed E-state index contributed by atoms with van der Waals surface area (Å²) in [5.41, 5.74) is 4.02. The molecule has 1 fully saturated rings. The molecular weight excluding hydrogens is 405 g/mol. The zero-order valence-corrected chi connectivity index (χ0v) is 18.9. The zero-order chi connectivity index (χ0) is 22.2. The molecule has 0 aromatic heterocycles. The number of halogens is 1. The number of nitrogens with zero attached hydrogens (tertiary/aromatic N) is 3. The van der Waals surface area contributed by atoms with Gasteiger partial charge in [0.1, 0.15) is 5.82 Å². The first kappa shape index (κ1) is 22.7. The zero-order valence-electron chi connectivity index (χ0n) is 18.9. The summed E-state index contributed by atoms with van der Waals surface area (Å²) in [6, 6.07) is 15.7. The van der Waals surface area contributed by atoms with Crippen molar-refractivity contribution >= 4 is 5.96 Å². The highest BCUT2D eigenvalue weighted by molar-refractivity contribution is 5.79. The molecule has 2 aromatic carbocycles. The second-order valence-corrected chi connectivity index (χ2v) is 8.39. The van der Waals surface area contributed by atoms with Crippen LogP contribution in [0.25, 0.3) is 0 Å². The van der Waals surface area contributed by atoms with E-state index in [4.69, 9.17) is 4.74 Å². The van der Waals surface area contributed by atoms with Crippen LogP contribution in [0.3, 0.4) is 0 Å². The van der Waals surface area contributed by atoms with E-state index in [2.05, 4.69) is 49.7 Å². The number of fused-ring (bicyclic) bond motifs is 1. The Labute approximate surface area is 190 Å². The van der Waals surface area contributed by atoms with Crippen molar-refractivity contribution in [3.63, 3.8) is 0 Å². The number of hydrogen-bond donors (Lipinski definition) is 2. The minimum atomic E-state index is -0.208. The SMILES string of the molecule is CN=C(NCCN1CCc2ccccc2C1)NCC(c1ccc(F)cc1)N1CCOCC1. The van der Waals surface area contributed by atoms with Gasteiger partial charge in [-0.15, -0.1) is 0 Å². The average molecular weight is 440 g/mol. The van der Waals surface area contributed by atoms with Crippen molar-refractivity contribution < 1.29 is 9.13 Å². The molecule has 1 atom stereocenters. The standard InChI is InChI=1S/C25H34FN5O/c1-27-25(28-11-13-30-12-10-20-4-2-3-5-22(20)19-30)29-18-24(31-14-16-32-17-15-31)21-6-8-23(26)9-7-21/h2-9,24H,10-19H2,1H3,(H2,27,28,29). The van der Waals surface area contributed by atoms with Crippen LogP contribution >= 0.6 is 0 Å². The molecule has 7 heteroatoms. The van der Waals surface area contributed by atoms with Crippen molar-refractivity contribution in [3.8, 4) is 0 Å². The molecule has 0 spiro atoms. The van der Waals surface area contributed by atoms with E-state index in [1.165, 1.54) is 23.3 Å². The van der Waals surface area contributed by atoms with Gasteiger partial charge in [-0.1, -0.05) is 36.4 Å². The van der Waals surface area contributed by atoms with E-state index in [-0.39, 0.29) is 11.9 Å². The summed E-state index contributed by atoms with van der Waals surface area (Å²) in [6.07, 6.45) is 1.11. The van der Waals surface area contributed by atoms with Crippen LogP contribution in [-0.2, 0) is 17.7 Å². The third kappa shape index (κ3) is 6.06. The van der Waals surface area contributed by atoms with Crippen LogP contribution in [0.2, 0.25) is 0 Å². The number of guanidine groups is 1. The van der Waals surface area contributed by atoms with Gasteiger partial charge in [-0.2, -0.15) is 0 Å². The fourth-order valence-corrected chi connectivity index (χ4v) is 4.52. The lowest BCUT2D eigenvalue weighted by Crippen LogP contribution is -2.47. The highest BCUT2D eigenvalue weighted by atomic mass is 19.1. The molecule has 2 aliphatic heterocycles. The molecule has 0 amide bonds. The van der Waals surface area contributed by atoms with Crippen molar-refractivity contribution in [2.24, 2.45) is 4.99 Å². The average Bonchev–Trinajstić information content (AvgIpc) is 2.84. The Morgan fingerprint density at radius 3 is 2.53 bits per heavy atom. The number of hydrogen-bond acceptors (Lipinski definition) is 4. The molecule has 2 N–H and O–H groups in total. The number of benzene rings is 2. The van der Waals surface area contributed by atoms with Crippen molar-refractivity contribution in [2.45, 2.75) is 19.0 Å². The van der Waals surface area contributed by atoms with Crippen LogP contribution in [-0.4, -0.2) is 75.3 Å². The molecule has 1 unspecified atom stereocenters. The maximum Gasteiger partial charge on any atom is 0.191 e. The van der Waals surface area contributed by atoms with Crippen LogP contribution in [0.5, 0.6) is 0 Å². The monoisotopic (exact) mass is 439 g/mol. The Balaban J connectivity index is 1.28.